The van der Waals surface area contributed by atoms with Gasteiger partial charge in [-0.15, -0.1) is 0 Å². The van der Waals surface area contributed by atoms with Gasteiger partial charge in [-0.05, 0) is 52.7 Å². The Morgan fingerprint density at radius 3 is 2.82 bits per heavy atom. The van der Waals surface area contributed by atoms with Crippen molar-refractivity contribution in [3.63, 3.8) is 0 Å². The van der Waals surface area contributed by atoms with Gasteiger partial charge in [-0.1, -0.05) is 6.07 Å². The van der Waals surface area contributed by atoms with E-state index in [1.807, 2.05) is 25.3 Å². The molecule has 0 fully saturated rings. The SMILES string of the molecule is CC(N)c1cccn1Cc1ccc(F)c(Br)c1. The van der Waals surface area contributed by atoms with Gasteiger partial charge in [0.05, 0.1) is 4.47 Å². The molecular formula is C13H14BrFN2. The predicted octanol–water partition coefficient (Wildman–Crippen LogP) is 3.46. The van der Waals surface area contributed by atoms with Gasteiger partial charge in [0.2, 0.25) is 0 Å². The van der Waals surface area contributed by atoms with Gasteiger partial charge >= 0.3 is 0 Å². The minimum Gasteiger partial charge on any atom is -0.346 e. The lowest BCUT2D eigenvalue weighted by atomic mass is 10.2. The van der Waals surface area contributed by atoms with Crippen LogP contribution in [0.4, 0.5) is 4.39 Å². The molecule has 0 aliphatic rings. The summed E-state index contributed by atoms with van der Waals surface area (Å²) >= 11 is 3.19. The molecule has 2 N–H and O–H groups in total. The molecule has 2 nitrogen and oxygen atoms in total. The van der Waals surface area contributed by atoms with E-state index in [0.29, 0.717) is 11.0 Å². The molecule has 0 aliphatic heterocycles. The Balaban J connectivity index is 2.25. The summed E-state index contributed by atoms with van der Waals surface area (Å²) in [6, 6.07) is 9.01. The second-order valence-corrected chi connectivity index (χ2v) is 4.95. The third-order valence-electron chi connectivity index (χ3n) is 2.67. The Morgan fingerprint density at radius 1 is 1.41 bits per heavy atom. The summed E-state index contributed by atoms with van der Waals surface area (Å²) in [6.45, 7) is 2.65. The van der Waals surface area contributed by atoms with Crippen LogP contribution >= 0.6 is 15.9 Å². The van der Waals surface area contributed by atoms with Gasteiger partial charge in [0.1, 0.15) is 5.82 Å². The van der Waals surface area contributed by atoms with Gasteiger partial charge in [0, 0.05) is 24.5 Å². The van der Waals surface area contributed by atoms with Crippen LogP contribution in [0.2, 0.25) is 0 Å². The number of benzene rings is 1. The highest BCUT2D eigenvalue weighted by atomic mass is 79.9. The van der Waals surface area contributed by atoms with Gasteiger partial charge in [0.15, 0.2) is 0 Å². The van der Waals surface area contributed by atoms with E-state index in [0.717, 1.165) is 11.3 Å². The van der Waals surface area contributed by atoms with Crippen LogP contribution in [0, 0.1) is 5.82 Å². The molecule has 1 aromatic heterocycles. The molecule has 0 radical (unpaired) electrons. The molecule has 0 aliphatic carbocycles. The van der Waals surface area contributed by atoms with Gasteiger partial charge < -0.3 is 10.3 Å². The largest absolute Gasteiger partial charge is 0.346 e. The molecule has 4 heteroatoms. The second kappa shape index (κ2) is 5.02. The topological polar surface area (TPSA) is 30.9 Å². The van der Waals surface area contributed by atoms with Crippen molar-refractivity contribution in [2.75, 3.05) is 0 Å². The van der Waals surface area contributed by atoms with Crippen LogP contribution in [0.25, 0.3) is 0 Å². The summed E-state index contributed by atoms with van der Waals surface area (Å²) in [5, 5.41) is 0. The van der Waals surface area contributed by atoms with E-state index < -0.39 is 0 Å². The maximum atomic E-state index is 13.1. The maximum Gasteiger partial charge on any atom is 0.137 e. The van der Waals surface area contributed by atoms with Crippen molar-refractivity contribution < 1.29 is 4.39 Å². The number of rotatable bonds is 3. The third kappa shape index (κ3) is 2.76. The van der Waals surface area contributed by atoms with E-state index in [9.17, 15) is 4.39 Å². The van der Waals surface area contributed by atoms with Crippen LogP contribution in [0.15, 0.2) is 41.0 Å². The average molecular weight is 297 g/mol. The van der Waals surface area contributed by atoms with Crippen LogP contribution in [-0.2, 0) is 6.54 Å². The zero-order valence-electron chi connectivity index (χ0n) is 9.53. The molecule has 0 saturated carbocycles. The molecule has 1 atom stereocenters. The number of halogens is 2. The van der Waals surface area contributed by atoms with E-state index in [1.54, 1.807) is 12.1 Å². The van der Waals surface area contributed by atoms with Gasteiger partial charge in [-0.3, -0.25) is 0 Å². The molecule has 17 heavy (non-hydrogen) atoms. The molecule has 1 unspecified atom stereocenters. The molecule has 0 saturated heterocycles. The van der Waals surface area contributed by atoms with Gasteiger partial charge in [-0.2, -0.15) is 0 Å². The number of nitrogens with zero attached hydrogens (tertiary/aromatic N) is 1. The van der Waals surface area contributed by atoms with E-state index in [1.165, 1.54) is 6.07 Å². The highest BCUT2D eigenvalue weighted by Crippen LogP contribution is 2.19. The monoisotopic (exact) mass is 296 g/mol. The summed E-state index contributed by atoms with van der Waals surface area (Å²) < 4.78 is 15.7. The molecule has 90 valence electrons. The van der Waals surface area contributed by atoms with Crippen molar-refractivity contribution in [1.82, 2.24) is 4.57 Å². The van der Waals surface area contributed by atoms with Crippen LogP contribution in [0.1, 0.15) is 24.2 Å². The minimum atomic E-state index is -0.242. The number of aromatic nitrogens is 1. The smallest absolute Gasteiger partial charge is 0.137 e. The fraction of sp³-hybridized carbons (Fsp3) is 0.231. The van der Waals surface area contributed by atoms with E-state index in [4.69, 9.17) is 5.73 Å². The summed E-state index contributed by atoms with van der Waals surface area (Å²) in [5.41, 5.74) is 7.99. The van der Waals surface area contributed by atoms with Crippen molar-refractivity contribution in [2.24, 2.45) is 5.73 Å². The molecule has 0 amide bonds. The van der Waals surface area contributed by atoms with Crippen LogP contribution in [0.5, 0.6) is 0 Å². The molecule has 0 spiro atoms. The van der Waals surface area contributed by atoms with Crippen molar-refractivity contribution in [2.45, 2.75) is 19.5 Å². The molecular weight excluding hydrogens is 283 g/mol. The summed E-state index contributed by atoms with van der Waals surface area (Å²) in [4.78, 5) is 0. The third-order valence-corrected chi connectivity index (χ3v) is 3.28. The number of hydrogen-bond acceptors (Lipinski definition) is 1. The highest BCUT2D eigenvalue weighted by molar-refractivity contribution is 9.10. The first kappa shape index (κ1) is 12.3. The lowest BCUT2D eigenvalue weighted by Crippen LogP contribution is -2.12. The zero-order chi connectivity index (χ0) is 12.4. The fourth-order valence-electron chi connectivity index (χ4n) is 1.82. The van der Waals surface area contributed by atoms with Crippen molar-refractivity contribution in [1.29, 1.82) is 0 Å². The number of hydrogen-bond donors (Lipinski definition) is 1. The standard InChI is InChI=1S/C13H14BrFN2/c1-9(16)13-3-2-6-17(13)8-10-4-5-12(15)11(14)7-10/h2-7,9H,8,16H2,1H3. The molecule has 1 aromatic carbocycles. The number of nitrogens with two attached hydrogens (primary N) is 1. The molecule has 2 aromatic rings. The van der Waals surface area contributed by atoms with Gasteiger partial charge in [-0.25, -0.2) is 4.39 Å². The van der Waals surface area contributed by atoms with Gasteiger partial charge in [0.25, 0.3) is 0 Å². The normalized spacial score (nSPS) is 12.7. The fourth-order valence-corrected chi connectivity index (χ4v) is 2.25. The first-order valence-corrected chi connectivity index (χ1v) is 6.22. The summed E-state index contributed by atoms with van der Waals surface area (Å²) in [6.07, 6.45) is 1.98. The maximum absolute atomic E-state index is 13.1. The summed E-state index contributed by atoms with van der Waals surface area (Å²) in [5.74, 6) is -0.242. The Kier molecular flexibility index (Phi) is 3.64. The Labute approximate surface area is 108 Å². The predicted molar refractivity (Wildman–Crippen MR) is 70.2 cm³/mol. The Morgan fingerprint density at radius 2 is 2.18 bits per heavy atom. The van der Waals surface area contributed by atoms with Crippen LogP contribution in [-0.4, -0.2) is 4.57 Å². The molecule has 1 heterocycles. The van der Waals surface area contributed by atoms with Crippen LogP contribution < -0.4 is 5.73 Å². The highest BCUT2D eigenvalue weighted by Gasteiger charge is 2.07. The second-order valence-electron chi connectivity index (χ2n) is 4.10. The molecule has 2 rings (SSSR count). The zero-order valence-corrected chi connectivity index (χ0v) is 11.1. The first-order valence-electron chi connectivity index (χ1n) is 5.42. The average Bonchev–Trinajstić information content (AvgIpc) is 2.72. The van der Waals surface area contributed by atoms with E-state index >= 15 is 0 Å². The molecule has 0 bridgehead atoms. The first-order chi connectivity index (χ1) is 8.08. The van der Waals surface area contributed by atoms with E-state index in [-0.39, 0.29) is 11.9 Å². The Hall–Kier alpha value is -1.13. The van der Waals surface area contributed by atoms with Crippen molar-refractivity contribution >= 4 is 15.9 Å². The lowest BCUT2D eigenvalue weighted by molar-refractivity contribution is 0.618. The minimum absolute atomic E-state index is 0.00566. The van der Waals surface area contributed by atoms with E-state index in [2.05, 4.69) is 20.5 Å². The van der Waals surface area contributed by atoms with Crippen LogP contribution in [0.3, 0.4) is 0 Å². The quantitative estimate of drug-likeness (QED) is 0.924. The Bertz CT molecular complexity index is 520. The lowest BCUT2D eigenvalue weighted by Gasteiger charge is -2.12. The van der Waals surface area contributed by atoms with Crippen molar-refractivity contribution in [3.05, 3.63) is 58.1 Å². The van der Waals surface area contributed by atoms with Crippen molar-refractivity contribution in [3.8, 4) is 0 Å². The summed E-state index contributed by atoms with van der Waals surface area (Å²) in [7, 11) is 0.